The highest BCUT2D eigenvalue weighted by Crippen LogP contribution is 2.21. The van der Waals surface area contributed by atoms with Crippen molar-refractivity contribution in [2.75, 3.05) is 11.9 Å². The number of rotatable bonds is 4. The van der Waals surface area contributed by atoms with E-state index in [0.29, 0.717) is 12.1 Å². The van der Waals surface area contributed by atoms with Gasteiger partial charge in [0.15, 0.2) is 0 Å². The maximum absolute atomic E-state index is 14.3. The summed E-state index contributed by atoms with van der Waals surface area (Å²) in [6.45, 7) is 4.51. The van der Waals surface area contributed by atoms with Gasteiger partial charge in [0.2, 0.25) is 0 Å². The molecule has 0 saturated heterocycles. The molecule has 2 aromatic carbocycles. The molecule has 3 N–H and O–H groups in total. The Kier molecular flexibility index (Phi) is 4.26. The third-order valence-electron chi connectivity index (χ3n) is 3.42. The van der Waals surface area contributed by atoms with Crippen molar-refractivity contribution in [3.63, 3.8) is 0 Å². The molecule has 21 heavy (non-hydrogen) atoms. The second-order valence-corrected chi connectivity index (χ2v) is 5.39. The molecule has 0 aliphatic rings. The molecule has 0 saturated carbocycles. The van der Waals surface area contributed by atoms with Crippen LogP contribution in [0.4, 0.5) is 10.1 Å². The van der Waals surface area contributed by atoms with E-state index in [9.17, 15) is 4.39 Å². The number of hydrogen-bond acceptors (Lipinski definition) is 2. The third-order valence-corrected chi connectivity index (χ3v) is 3.42. The normalized spacial score (nSPS) is 10.5. The van der Waals surface area contributed by atoms with Crippen LogP contribution in [0.25, 0.3) is 0 Å². The standard InChI is InChI=1S/C17H20FN3/c1-11-7-12(2)9-14(8-11)21(3)10-13-5-4-6-15(16(13)18)17(19)20/h4-9H,10H2,1-3H3,(H3,19,20). The summed E-state index contributed by atoms with van der Waals surface area (Å²) >= 11 is 0. The summed E-state index contributed by atoms with van der Waals surface area (Å²) in [7, 11) is 1.92. The minimum absolute atomic E-state index is 0.154. The summed E-state index contributed by atoms with van der Waals surface area (Å²) in [6, 6.07) is 11.2. The molecule has 2 aromatic rings. The highest BCUT2D eigenvalue weighted by molar-refractivity contribution is 5.95. The van der Waals surface area contributed by atoms with Gasteiger partial charge in [0, 0.05) is 24.8 Å². The molecule has 3 nitrogen and oxygen atoms in total. The van der Waals surface area contributed by atoms with Gasteiger partial charge in [0.25, 0.3) is 0 Å². The SMILES string of the molecule is Cc1cc(C)cc(N(C)Cc2cccc(C(=N)N)c2F)c1. The summed E-state index contributed by atoms with van der Waals surface area (Å²) in [4.78, 5) is 1.99. The molecule has 0 atom stereocenters. The van der Waals surface area contributed by atoms with E-state index in [1.807, 2.05) is 25.8 Å². The van der Waals surface area contributed by atoms with E-state index in [1.165, 1.54) is 17.2 Å². The third kappa shape index (κ3) is 3.40. The highest BCUT2D eigenvalue weighted by Gasteiger charge is 2.12. The van der Waals surface area contributed by atoms with Crippen LogP contribution in [0.5, 0.6) is 0 Å². The molecule has 0 bridgehead atoms. The van der Waals surface area contributed by atoms with E-state index < -0.39 is 5.82 Å². The molecule has 4 heteroatoms. The Balaban J connectivity index is 2.29. The van der Waals surface area contributed by atoms with Crippen LogP contribution in [0.2, 0.25) is 0 Å². The number of aryl methyl sites for hydroxylation is 2. The molecule has 0 unspecified atom stereocenters. The van der Waals surface area contributed by atoms with E-state index in [4.69, 9.17) is 11.1 Å². The van der Waals surface area contributed by atoms with E-state index in [1.54, 1.807) is 12.1 Å². The Hall–Kier alpha value is -2.36. The lowest BCUT2D eigenvalue weighted by atomic mass is 10.1. The Morgan fingerprint density at radius 3 is 2.38 bits per heavy atom. The summed E-state index contributed by atoms with van der Waals surface area (Å²) in [6.07, 6.45) is 0. The van der Waals surface area contributed by atoms with Gasteiger partial charge < -0.3 is 10.6 Å². The topological polar surface area (TPSA) is 53.1 Å². The molecule has 0 aliphatic heterocycles. The largest absolute Gasteiger partial charge is 0.384 e. The molecular formula is C17H20FN3. The Bertz CT molecular complexity index is 659. The lowest BCUT2D eigenvalue weighted by Gasteiger charge is -2.21. The van der Waals surface area contributed by atoms with E-state index in [-0.39, 0.29) is 11.4 Å². The van der Waals surface area contributed by atoms with Crippen LogP contribution in [0.15, 0.2) is 36.4 Å². The first-order valence-corrected chi connectivity index (χ1v) is 6.79. The summed E-state index contributed by atoms with van der Waals surface area (Å²) < 4.78 is 14.3. The van der Waals surface area contributed by atoms with Crippen molar-refractivity contribution in [1.82, 2.24) is 0 Å². The van der Waals surface area contributed by atoms with Gasteiger partial charge in [-0.2, -0.15) is 0 Å². The monoisotopic (exact) mass is 285 g/mol. The number of benzene rings is 2. The molecule has 0 heterocycles. The van der Waals surface area contributed by atoms with Crippen molar-refractivity contribution < 1.29 is 4.39 Å². The molecular weight excluding hydrogens is 265 g/mol. The van der Waals surface area contributed by atoms with Gasteiger partial charge in [-0.05, 0) is 43.2 Å². The predicted molar refractivity (Wildman–Crippen MR) is 85.4 cm³/mol. The van der Waals surface area contributed by atoms with Gasteiger partial charge in [0.05, 0.1) is 5.56 Å². The van der Waals surface area contributed by atoms with Gasteiger partial charge in [-0.25, -0.2) is 4.39 Å². The number of nitrogens with one attached hydrogen (secondary N) is 1. The first kappa shape index (κ1) is 15.0. The maximum atomic E-state index is 14.3. The second kappa shape index (κ2) is 5.95. The molecule has 0 amide bonds. The van der Waals surface area contributed by atoms with Crippen LogP contribution in [0, 0.1) is 25.1 Å². The van der Waals surface area contributed by atoms with E-state index >= 15 is 0 Å². The van der Waals surface area contributed by atoms with Crippen molar-refractivity contribution in [2.45, 2.75) is 20.4 Å². The van der Waals surface area contributed by atoms with Gasteiger partial charge in [-0.1, -0.05) is 18.2 Å². The lowest BCUT2D eigenvalue weighted by Crippen LogP contribution is -2.20. The van der Waals surface area contributed by atoms with Gasteiger partial charge in [-0.3, -0.25) is 5.41 Å². The summed E-state index contributed by atoms with van der Waals surface area (Å²) in [5, 5.41) is 7.40. The zero-order chi connectivity index (χ0) is 15.6. The minimum atomic E-state index is -0.416. The van der Waals surface area contributed by atoms with Gasteiger partial charge >= 0.3 is 0 Å². The molecule has 2 rings (SSSR count). The average Bonchev–Trinajstić information content (AvgIpc) is 2.39. The zero-order valence-corrected chi connectivity index (χ0v) is 12.6. The fraction of sp³-hybridized carbons (Fsp3) is 0.235. The molecule has 0 aromatic heterocycles. The number of amidine groups is 1. The highest BCUT2D eigenvalue weighted by atomic mass is 19.1. The first-order valence-electron chi connectivity index (χ1n) is 6.79. The number of anilines is 1. The van der Waals surface area contributed by atoms with Gasteiger partial charge in [-0.15, -0.1) is 0 Å². The maximum Gasteiger partial charge on any atom is 0.139 e. The summed E-state index contributed by atoms with van der Waals surface area (Å²) in [5.74, 6) is -0.662. The zero-order valence-electron chi connectivity index (χ0n) is 12.6. The quantitative estimate of drug-likeness (QED) is 0.668. The fourth-order valence-electron chi connectivity index (χ4n) is 2.43. The number of halogens is 1. The average molecular weight is 285 g/mol. The molecule has 110 valence electrons. The van der Waals surface area contributed by atoms with Crippen LogP contribution in [0.1, 0.15) is 22.3 Å². The van der Waals surface area contributed by atoms with Crippen LogP contribution < -0.4 is 10.6 Å². The van der Waals surface area contributed by atoms with Crippen molar-refractivity contribution in [2.24, 2.45) is 5.73 Å². The lowest BCUT2D eigenvalue weighted by molar-refractivity contribution is 0.605. The van der Waals surface area contributed by atoms with E-state index in [2.05, 4.69) is 18.2 Å². The molecule has 0 fully saturated rings. The van der Waals surface area contributed by atoms with Gasteiger partial charge in [0.1, 0.15) is 11.7 Å². The minimum Gasteiger partial charge on any atom is -0.384 e. The Morgan fingerprint density at radius 2 is 1.81 bits per heavy atom. The second-order valence-electron chi connectivity index (χ2n) is 5.39. The van der Waals surface area contributed by atoms with Crippen LogP contribution in [-0.2, 0) is 6.54 Å². The number of nitrogens with zero attached hydrogens (tertiary/aromatic N) is 1. The Morgan fingerprint density at radius 1 is 1.19 bits per heavy atom. The van der Waals surface area contributed by atoms with Crippen molar-refractivity contribution in [3.05, 3.63) is 64.5 Å². The van der Waals surface area contributed by atoms with Crippen LogP contribution in [-0.4, -0.2) is 12.9 Å². The smallest absolute Gasteiger partial charge is 0.139 e. The molecule has 0 spiro atoms. The van der Waals surface area contributed by atoms with Crippen molar-refractivity contribution in [3.8, 4) is 0 Å². The predicted octanol–water partition coefficient (Wildman–Crippen LogP) is 3.36. The number of hydrogen-bond donors (Lipinski definition) is 2. The van der Waals surface area contributed by atoms with Crippen LogP contribution in [0.3, 0.4) is 0 Å². The van der Waals surface area contributed by atoms with Crippen LogP contribution >= 0.6 is 0 Å². The molecule has 0 aliphatic carbocycles. The van der Waals surface area contributed by atoms with Crippen molar-refractivity contribution in [1.29, 1.82) is 5.41 Å². The fourth-order valence-corrected chi connectivity index (χ4v) is 2.43. The summed E-state index contributed by atoms with van der Waals surface area (Å²) in [5.41, 5.74) is 9.47. The Labute approximate surface area is 124 Å². The van der Waals surface area contributed by atoms with Crippen molar-refractivity contribution >= 4 is 11.5 Å². The van der Waals surface area contributed by atoms with E-state index in [0.717, 1.165) is 5.69 Å². The molecule has 0 radical (unpaired) electrons. The number of nitrogens with two attached hydrogens (primary N) is 1. The first-order chi connectivity index (χ1) is 9.88. The number of nitrogen functional groups attached to an aromatic ring is 1.